The summed E-state index contributed by atoms with van der Waals surface area (Å²) in [6.07, 6.45) is 1.52. The smallest absolute Gasteiger partial charge is 0.268 e. The number of aromatic nitrogens is 3. The molecule has 1 aromatic carbocycles. The van der Waals surface area contributed by atoms with Crippen LogP contribution in [0, 0.1) is 25.2 Å². The fourth-order valence-corrected chi connectivity index (χ4v) is 3.00. The van der Waals surface area contributed by atoms with Gasteiger partial charge in [-0.2, -0.15) is 10.4 Å². The lowest BCUT2D eigenvalue weighted by atomic mass is 10.0. The molecule has 0 atom stereocenters. The summed E-state index contributed by atoms with van der Waals surface area (Å²) in [5, 5.41) is 14.7. The Morgan fingerprint density at radius 3 is 2.60 bits per heavy atom. The summed E-state index contributed by atoms with van der Waals surface area (Å²) < 4.78 is 7.15. The van der Waals surface area contributed by atoms with Gasteiger partial charge in [-0.15, -0.1) is 0 Å². The van der Waals surface area contributed by atoms with E-state index in [1.54, 1.807) is 16.8 Å². The van der Waals surface area contributed by atoms with Gasteiger partial charge in [-0.3, -0.25) is 4.79 Å². The second-order valence-corrected chi connectivity index (χ2v) is 5.85. The number of aryl methyl sites for hydroxylation is 2. The Kier molecular flexibility index (Phi) is 3.29. The average Bonchev–Trinajstić information content (AvgIpc) is 3.23. The first kappa shape index (κ1) is 15.0. The third kappa shape index (κ3) is 2.25. The fraction of sp³-hybridized carbons (Fsp3) is 0.105. The van der Waals surface area contributed by atoms with Gasteiger partial charge in [0.15, 0.2) is 0 Å². The van der Waals surface area contributed by atoms with Crippen molar-refractivity contribution in [2.75, 3.05) is 0 Å². The van der Waals surface area contributed by atoms with Crippen LogP contribution < -0.4 is 5.56 Å². The van der Waals surface area contributed by atoms with E-state index in [2.05, 4.69) is 10.1 Å². The van der Waals surface area contributed by atoms with Gasteiger partial charge in [0.2, 0.25) is 0 Å². The lowest BCUT2D eigenvalue weighted by molar-refractivity contribution is 0.582. The zero-order valence-electron chi connectivity index (χ0n) is 13.7. The number of hydrogen-bond donors (Lipinski definition) is 1. The molecule has 122 valence electrons. The van der Waals surface area contributed by atoms with Gasteiger partial charge in [0.1, 0.15) is 23.0 Å². The number of benzene rings is 1. The molecule has 4 rings (SSSR count). The maximum Gasteiger partial charge on any atom is 0.268 e. The minimum absolute atomic E-state index is 0.0222. The standard InChI is InChI=1S/C19H14N4O2/c1-11-5-7-13(8-6-11)23-18-16(12(2)22-23)17(15-4-3-9-25-15)14(10-20)19(24)21-18/h3-9H,1-2H3,(H,21,24). The van der Waals surface area contributed by atoms with Gasteiger partial charge in [-0.25, -0.2) is 4.68 Å². The van der Waals surface area contributed by atoms with Crippen LogP contribution in [0.1, 0.15) is 16.8 Å². The molecule has 0 fully saturated rings. The molecular weight excluding hydrogens is 316 g/mol. The molecule has 0 radical (unpaired) electrons. The summed E-state index contributed by atoms with van der Waals surface area (Å²) in [6, 6.07) is 13.3. The molecule has 3 aromatic heterocycles. The average molecular weight is 330 g/mol. The zero-order valence-corrected chi connectivity index (χ0v) is 13.7. The van der Waals surface area contributed by atoms with Crippen LogP contribution >= 0.6 is 0 Å². The first-order valence-corrected chi connectivity index (χ1v) is 7.77. The summed E-state index contributed by atoms with van der Waals surface area (Å²) in [5.74, 6) is 0.471. The monoisotopic (exact) mass is 330 g/mol. The van der Waals surface area contributed by atoms with Crippen molar-refractivity contribution in [1.29, 1.82) is 5.26 Å². The molecular formula is C19H14N4O2. The second-order valence-electron chi connectivity index (χ2n) is 5.85. The predicted molar refractivity (Wildman–Crippen MR) is 93.6 cm³/mol. The molecule has 1 N–H and O–H groups in total. The van der Waals surface area contributed by atoms with Gasteiger partial charge in [0.25, 0.3) is 5.56 Å². The minimum atomic E-state index is -0.463. The van der Waals surface area contributed by atoms with Crippen LogP contribution in [0.4, 0.5) is 0 Å². The first-order chi connectivity index (χ1) is 12.1. The molecule has 0 unspecified atom stereocenters. The molecule has 25 heavy (non-hydrogen) atoms. The van der Waals surface area contributed by atoms with Crippen LogP contribution in [0.2, 0.25) is 0 Å². The summed E-state index contributed by atoms with van der Waals surface area (Å²) in [5.41, 5.74) is 3.24. The second kappa shape index (κ2) is 5.49. The number of pyridine rings is 1. The van der Waals surface area contributed by atoms with Crippen LogP contribution in [0.5, 0.6) is 0 Å². The van der Waals surface area contributed by atoms with Crippen LogP contribution in [0.3, 0.4) is 0 Å². The van der Waals surface area contributed by atoms with E-state index in [4.69, 9.17) is 4.42 Å². The summed E-state index contributed by atoms with van der Waals surface area (Å²) in [4.78, 5) is 15.3. The highest BCUT2D eigenvalue weighted by molar-refractivity contribution is 5.96. The predicted octanol–water partition coefficient (Wildman–Crippen LogP) is 3.46. The van der Waals surface area contributed by atoms with Crippen molar-refractivity contribution in [2.24, 2.45) is 0 Å². The SMILES string of the molecule is Cc1ccc(-n2nc(C)c3c(-c4ccco4)c(C#N)c(=O)[nH]c32)cc1. The molecule has 0 aliphatic carbocycles. The van der Waals surface area contributed by atoms with Crippen LogP contribution in [0.25, 0.3) is 28.0 Å². The number of furan rings is 1. The molecule has 3 heterocycles. The third-order valence-corrected chi connectivity index (χ3v) is 4.18. The molecule has 0 saturated heterocycles. The Hall–Kier alpha value is -3.59. The lowest BCUT2D eigenvalue weighted by Crippen LogP contribution is -2.13. The van der Waals surface area contributed by atoms with Gasteiger partial charge in [-0.1, -0.05) is 17.7 Å². The van der Waals surface area contributed by atoms with E-state index >= 15 is 0 Å². The van der Waals surface area contributed by atoms with Crippen LogP contribution in [-0.4, -0.2) is 14.8 Å². The van der Waals surface area contributed by atoms with E-state index < -0.39 is 5.56 Å². The molecule has 0 bridgehead atoms. The third-order valence-electron chi connectivity index (χ3n) is 4.18. The van der Waals surface area contributed by atoms with Crippen LogP contribution in [-0.2, 0) is 0 Å². The topological polar surface area (TPSA) is 87.6 Å². The molecule has 4 aromatic rings. The number of aromatic amines is 1. The van der Waals surface area contributed by atoms with Gasteiger partial charge >= 0.3 is 0 Å². The molecule has 0 saturated carbocycles. The highest BCUT2D eigenvalue weighted by Crippen LogP contribution is 2.32. The quantitative estimate of drug-likeness (QED) is 0.609. The Morgan fingerprint density at radius 2 is 1.96 bits per heavy atom. The van der Waals surface area contributed by atoms with E-state index in [0.717, 1.165) is 11.3 Å². The van der Waals surface area contributed by atoms with Gasteiger partial charge in [0, 0.05) is 0 Å². The number of nitriles is 1. The van der Waals surface area contributed by atoms with Gasteiger partial charge in [0.05, 0.1) is 28.6 Å². The van der Waals surface area contributed by atoms with Crippen molar-refractivity contribution in [3.63, 3.8) is 0 Å². The van der Waals surface area contributed by atoms with Gasteiger partial charge in [-0.05, 0) is 38.1 Å². The Labute approximate surface area is 142 Å². The van der Waals surface area contributed by atoms with Crippen molar-refractivity contribution in [3.05, 3.63) is 69.8 Å². The molecule has 0 amide bonds. The molecule has 6 heteroatoms. The maximum atomic E-state index is 12.5. The summed E-state index contributed by atoms with van der Waals surface area (Å²) in [7, 11) is 0. The first-order valence-electron chi connectivity index (χ1n) is 7.77. The Bertz CT molecular complexity index is 1170. The van der Waals surface area contributed by atoms with Crippen molar-refractivity contribution in [1.82, 2.24) is 14.8 Å². The Morgan fingerprint density at radius 1 is 1.20 bits per heavy atom. The number of fused-ring (bicyclic) bond motifs is 1. The number of rotatable bonds is 2. The van der Waals surface area contributed by atoms with E-state index in [9.17, 15) is 10.1 Å². The number of H-pyrrole nitrogens is 1. The highest BCUT2D eigenvalue weighted by atomic mass is 16.3. The number of nitrogens with zero attached hydrogens (tertiary/aromatic N) is 3. The molecule has 0 spiro atoms. The summed E-state index contributed by atoms with van der Waals surface area (Å²) in [6.45, 7) is 3.85. The van der Waals surface area contributed by atoms with Gasteiger partial charge < -0.3 is 9.40 Å². The molecule has 6 nitrogen and oxygen atoms in total. The Balaban J connectivity index is 2.13. The normalized spacial score (nSPS) is 10.9. The molecule has 0 aliphatic heterocycles. The summed E-state index contributed by atoms with van der Waals surface area (Å²) >= 11 is 0. The number of hydrogen-bond acceptors (Lipinski definition) is 4. The van der Waals surface area contributed by atoms with Crippen molar-refractivity contribution >= 4 is 11.0 Å². The maximum absolute atomic E-state index is 12.5. The van der Waals surface area contributed by atoms with E-state index in [0.29, 0.717) is 28.1 Å². The van der Waals surface area contributed by atoms with E-state index in [1.807, 2.05) is 44.2 Å². The largest absolute Gasteiger partial charge is 0.464 e. The lowest BCUT2D eigenvalue weighted by Gasteiger charge is -2.06. The minimum Gasteiger partial charge on any atom is -0.464 e. The van der Waals surface area contributed by atoms with Crippen molar-refractivity contribution < 1.29 is 4.42 Å². The van der Waals surface area contributed by atoms with Crippen molar-refractivity contribution in [3.8, 4) is 23.1 Å². The van der Waals surface area contributed by atoms with Crippen LogP contribution in [0.15, 0.2) is 51.9 Å². The number of nitrogens with one attached hydrogen (secondary N) is 1. The van der Waals surface area contributed by atoms with E-state index in [1.165, 1.54) is 6.26 Å². The zero-order chi connectivity index (χ0) is 17.6. The fourth-order valence-electron chi connectivity index (χ4n) is 3.00. The molecule has 0 aliphatic rings. The van der Waals surface area contributed by atoms with E-state index in [-0.39, 0.29) is 5.56 Å². The van der Waals surface area contributed by atoms with Crippen molar-refractivity contribution in [2.45, 2.75) is 13.8 Å². The highest BCUT2D eigenvalue weighted by Gasteiger charge is 2.22.